The molecule has 4 nitrogen and oxygen atoms in total. The summed E-state index contributed by atoms with van der Waals surface area (Å²) in [7, 11) is 0. The van der Waals surface area contributed by atoms with Crippen molar-refractivity contribution in [3.8, 4) is 11.8 Å². The molecule has 0 unspecified atom stereocenters. The van der Waals surface area contributed by atoms with Gasteiger partial charge in [0.2, 0.25) is 0 Å². The van der Waals surface area contributed by atoms with E-state index in [9.17, 15) is 9.50 Å². The molecule has 0 spiro atoms. The summed E-state index contributed by atoms with van der Waals surface area (Å²) in [4.78, 5) is 3.85. The summed E-state index contributed by atoms with van der Waals surface area (Å²) < 4.78 is 19.1. The van der Waals surface area contributed by atoms with E-state index in [4.69, 9.17) is 10.00 Å². The maximum absolute atomic E-state index is 13.7. The fourth-order valence-corrected chi connectivity index (χ4v) is 1.73. The normalized spacial score (nSPS) is 11.7. The van der Waals surface area contributed by atoms with Gasteiger partial charge in [0.1, 0.15) is 29.9 Å². The lowest BCUT2D eigenvalue weighted by atomic mass is 10.1. The van der Waals surface area contributed by atoms with Crippen molar-refractivity contribution in [2.24, 2.45) is 0 Å². The Bertz CT molecular complexity index is 651. The quantitative estimate of drug-likeness (QED) is 0.929. The van der Waals surface area contributed by atoms with E-state index >= 15 is 0 Å². The van der Waals surface area contributed by atoms with Gasteiger partial charge in [0.15, 0.2) is 0 Å². The van der Waals surface area contributed by atoms with Crippen LogP contribution in [0.2, 0.25) is 0 Å². The van der Waals surface area contributed by atoms with Crippen LogP contribution in [-0.4, -0.2) is 10.1 Å². The lowest BCUT2D eigenvalue weighted by Gasteiger charge is -2.10. The van der Waals surface area contributed by atoms with Gasteiger partial charge in [-0.25, -0.2) is 9.37 Å². The zero-order chi connectivity index (χ0) is 14.5. The van der Waals surface area contributed by atoms with Crippen LogP contribution < -0.4 is 4.74 Å². The number of pyridine rings is 1. The van der Waals surface area contributed by atoms with Gasteiger partial charge in [0.25, 0.3) is 0 Å². The summed E-state index contributed by atoms with van der Waals surface area (Å²) in [6.07, 6.45) is 0.663. The Morgan fingerprint density at radius 3 is 2.85 bits per heavy atom. The molecule has 1 heterocycles. The highest BCUT2D eigenvalue weighted by atomic mass is 19.1. The minimum atomic E-state index is -0.859. The number of aliphatic hydroxyl groups is 1. The van der Waals surface area contributed by atoms with Crippen molar-refractivity contribution in [3.05, 3.63) is 59.2 Å². The van der Waals surface area contributed by atoms with E-state index < -0.39 is 11.9 Å². The molecular weight excluding hydrogens is 259 g/mol. The van der Waals surface area contributed by atoms with E-state index in [-0.39, 0.29) is 12.2 Å². The fourth-order valence-electron chi connectivity index (χ4n) is 1.73. The van der Waals surface area contributed by atoms with Crippen molar-refractivity contribution in [3.63, 3.8) is 0 Å². The molecule has 0 fully saturated rings. The molecule has 20 heavy (non-hydrogen) atoms. The van der Waals surface area contributed by atoms with Crippen LogP contribution in [-0.2, 0) is 6.61 Å². The van der Waals surface area contributed by atoms with E-state index in [0.717, 1.165) is 5.56 Å². The van der Waals surface area contributed by atoms with E-state index in [0.29, 0.717) is 11.4 Å². The molecule has 0 aliphatic carbocycles. The van der Waals surface area contributed by atoms with Gasteiger partial charge in [-0.3, -0.25) is 0 Å². The molecule has 1 aromatic heterocycles. The lowest BCUT2D eigenvalue weighted by molar-refractivity contribution is 0.194. The summed E-state index contributed by atoms with van der Waals surface area (Å²) in [6.45, 7) is 1.71. The highest BCUT2D eigenvalue weighted by Gasteiger charge is 2.09. The maximum atomic E-state index is 13.7. The third-order valence-corrected chi connectivity index (χ3v) is 2.77. The van der Waals surface area contributed by atoms with Gasteiger partial charge in [-0.1, -0.05) is 0 Å². The molecule has 0 bridgehead atoms. The van der Waals surface area contributed by atoms with Crippen LogP contribution in [0.1, 0.15) is 29.8 Å². The van der Waals surface area contributed by atoms with Crippen molar-refractivity contribution >= 4 is 0 Å². The molecule has 5 heteroatoms. The maximum Gasteiger partial charge on any atom is 0.140 e. The largest absolute Gasteiger partial charge is 0.489 e. The summed E-state index contributed by atoms with van der Waals surface area (Å²) in [5.41, 5.74) is 1.31. The molecule has 0 amide bonds. The minimum Gasteiger partial charge on any atom is -0.489 e. The second-order valence-electron chi connectivity index (χ2n) is 4.31. The molecule has 102 valence electrons. The Morgan fingerprint density at radius 2 is 2.20 bits per heavy atom. The SMILES string of the molecule is C[C@@H](O)c1ccc(OCc2ccnc(C#N)c2)cc1F. The van der Waals surface area contributed by atoms with E-state index in [1.54, 1.807) is 18.2 Å². The zero-order valence-corrected chi connectivity index (χ0v) is 10.9. The molecule has 1 atom stereocenters. The highest BCUT2D eigenvalue weighted by molar-refractivity contribution is 5.31. The van der Waals surface area contributed by atoms with Gasteiger partial charge in [0, 0.05) is 17.8 Å². The van der Waals surface area contributed by atoms with Crippen LogP contribution >= 0.6 is 0 Å². The standard InChI is InChI=1S/C15H13FN2O2/c1-10(19)14-3-2-13(7-15(14)16)20-9-11-4-5-18-12(6-11)8-17/h2-7,10,19H,9H2,1H3/t10-/m1/s1. The fraction of sp³-hybridized carbons (Fsp3) is 0.200. The lowest BCUT2D eigenvalue weighted by Crippen LogP contribution is -2.00. The zero-order valence-electron chi connectivity index (χ0n) is 10.9. The van der Waals surface area contributed by atoms with E-state index in [2.05, 4.69) is 4.98 Å². The highest BCUT2D eigenvalue weighted by Crippen LogP contribution is 2.22. The molecule has 0 aliphatic heterocycles. The van der Waals surface area contributed by atoms with Crippen molar-refractivity contribution < 1.29 is 14.2 Å². The molecule has 0 radical (unpaired) electrons. The summed E-state index contributed by atoms with van der Waals surface area (Å²) in [5, 5.41) is 18.1. The number of aromatic nitrogens is 1. The Hall–Kier alpha value is -2.45. The average molecular weight is 272 g/mol. The number of nitriles is 1. The van der Waals surface area contributed by atoms with Crippen LogP contribution in [0.15, 0.2) is 36.5 Å². The summed E-state index contributed by atoms with van der Waals surface area (Å²) in [5.74, 6) is -0.146. The second kappa shape index (κ2) is 6.13. The number of nitrogens with zero attached hydrogens (tertiary/aromatic N) is 2. The Morgan fingerprint density at radius 1 is 1.40 bits per heavy atom. The summed E-state index contributed by atoms with van der Waals surface area (Å²) >= 11 is 0. The van der Waals surface area contributed by atoms with Crippen molar-refractivity contribution in [2.45, 2.75) is 19.6 Å². The molecule has 0 saturated heterocycles. The second-order valence-corrected chi connectivity index (χ2v) is 4.31. The molecule has 2 rings (SSSR count). The topological polar surface area (TPSA) is 66.1 Å². The van der Waals surface area contributed by atoms with Gasteiger partial charge >= 0.3 is 0 Å². The first kappa shape index (κ1) is 14.0. The number of hydrogen-bond acceptors (Lipinski definition) is 4. The van der Waals surface area contributed by atoms with Crippen molar-refractivity contribution in [2.75, 3.05) is 0 Å². The smallest absolute Gasteiger partial charge is 0.140 e. The molecule has 0 saturated carbocycles. The third-order valence-electron chi connectivity index (χ3n) is 2.77. The first-order valence-electron chi connectivity index (χ1n) is 6.05. The third kappa shape index (κ3) is 3.31. The van der Waals surface area contributed by atoms with Crippen LogP contribution in [0.4, 0.5) is 4.39 Å². The van der Waals surface area contributed by atoms with Gasteiger partial charge in [0.05, 0.1) is 6.10 Å². The monoisotopic (exact) mass is 272 g/mol. The van der Waals surface area contributed by atoms with Gasteiger partial charge in [-0.15, -0.1) is 0 Å². The molecule has 2 aromatic rings. The Labute approximate surface area is 116 Å². The van der Waals surface area contributed by atoms with Crippen LogP contribution in [0.3, 0.4) is 0 Å². The van der Waals surface area contributed by atoms with Crippen molar-refractivity contribution in [1.29, 1.82) is 5.26 Å². The predicted molar refractivity (Wildman–Crippen MR) is 70.3 cm³/mol. The number of aliphatic hydroxyl groups excluding tert-OH is 1. The predicted octanol–water partition coefficient (Wildman–Crippen LogP) is 2.72. The van der Waals surface area contributed by atoms with E-state index in [1.165, 1.54) is 25.3 Å². The van der Waals surface area contributed by atoms with E-state index in [1.807, 2.05) is 6.07 Å². The number of halogens is 1. The first-order chi connectivity index (χ1) is 9.60. The van der Waals surface area contributed by atoms with Crippen LogP contribution in [0.5, 0.6) is 5.75 Å². The van der Waals surface area contributed by atoms with Gasteiger partial charge < -0.3 is 9.84 Å². The average Bonchev–Trinajstić information content (AvgIpc) is 2.45. The van der Waals surface area contributed by atoms with Crippen molar-refractivity contribution in [1.82, 2.24) is 4.98 Å². The number of rotatable bonds is 4. The van der Waals surface area contributed by atoms with Crippen LogP contribution in [0, 0.1) is 17.1 Å². The molecule has 0 aliphatic rings. The number of ether oxygens (including phenoxy) is 1. The molecule has 1 aromatic carbocycles. The molecule has 1 N–H and O–H groups in total. The Kier molecular flexibility index (Phi) is 4.28. The van der Waals surface area contributed by atoms with Gasteiger partial charge in [-0.05, 0) is 36.8 Å². The minimum absolute atomic E-state index is 0.213. The van der Waals surface area contributed by atoms with Gasteiger partial charge in [-0.2, -0.15) is 5.26 Å². The Balaban J connectivity index is 2.07. The first-order valence-corrected chi connectivity index (χ1v) is 6.05. The number of hydrogen-bond donors (Lipinski definition) is 1. The van der Waals surface area contributed by atoms with Crippen LogP contribution in [0.25, 0.3) is 0 Å². The number of benzene rings is 1. The summed E-state index contributed by atoms with van der Waals surface area (Å²) in [6, 6.07) is 9.59. The molecular formula is C15H13FN2O2.